The van der Waals surface area contributed by atoms with Crippen LogP contribution >= 0.6 is 0 Å². The molecule has 0 rings (SSSR count). The van der Waals surface area contributed by atoms with Crippen LogP contribution in [0.5, 0.6) is 0 Å². The van der Waals surface area contributed by atoms with E-state index in [1.54, 1.807) is 0 Å². The number of hydrogen-bond donors (Lipinski definition) is 0. The van der Waals surface area contributed by atoms with Crippen LogP contribution in [0, 0.1) is 0 Å². The van der Waals surface area contributed by atoms with Crippen LogP contribution in [-0.2, 0) is 4.43 Å². The van der Waals surface area contributed by atoms with Gasteiger partial charge in [0.1, 0.15) is 7.85 Å². The van der Waals surface area contributed by atoms with Gasteiger partial charge in [0, 0.05) is 6.61 Å². The first kappa shape index (κ1) is 12.0. The van der Waals surface area contributed by atoms with E-state index in [9.17, 15) is 0 Å². The Kier molecular flexibility index (Phi) is 3.79. The van der Waals surface area contributed by atoms with E-state index in [4.69, 9.17) is 12.3 Å². The molecule has 12 heavy (non-hydrogen) atoms. The maximum Gasteiger partial charge on any atom is 0.192 e. The molecule has 0 aliphatic carbocycles. The van der Waals surface area contributed by atoms with E-state index >= 15 is 0 Å². The summed E-state index contributed by atoms with van der Waals surface area (Å²) in [5.41, 5.74) is 0.611. The zero-order valence-corrected chi connectivity index (χ0v) is 9.90. The summed E-state index contributed by atoms with van der Waals surface area (Å²) < 4.78 is 5.77. The van der Waals surface area contributed by atoms with E-state index in [0.29, 0.717) is 12.1 Å². The van der Waals surface area contributed by atoms with Crippen LogP contribution < -0.4 is 0 Å². The molecule has 0 unspecified atom stereocenters. The summed E-state index contributed by atoms with van der Waals surface area (Å²) in [6.45, 7) is 15.1. The van der Waals surface area contributed by atoms with Gasteiger partial charge in [0.05, 0.1) is 0 Å². The first-order valence-corrected chi connectivity index (χ1v) is 7.15. The normalized spacial score (nSPS) is 13.1. The summed E-state index contributed by atoms with van der Waals surface area (Å²) in [4.78, 5) is 0. The molecular weight excluding hydrogens is 163 g/mol. The lowest BCUT2D eigenvalue weighted by Crippen LogP contribution is -2.41. The van der Waals surface area contributed by atoms with Crippen LogP contribution in [0.4, 0.5) is 0 Å². The van der Waals surface area contributed by atoms with Gasteiger partial charge in [0.2, 0.25) is 0 Å². The summed E-state index contributed by atoms with van der Waals surface area (Å²) in [7, 11) is 3.84. The molecule has 0 bridgehead atoms. The van der Waals surface area contributed by atoms with Gasteiger partial charge in [-0.2, -0.15) is 0 Å². The Hall–Kier alpha value is -0.0182. The fraction of sp³-hybridized carbons (Fsp3) is 0.778. The summed E-state index contributed by atoms with van der Waals surface area (Å²) in [6.07, 6.45) is 0. The molecule has 1 nitrogen and oxygen atoms in total. The summed E-state index contributed by atoms with van der Waals surface area (Å²) in [5.74, 6) is 0. The van der Waals surface area contributed by atoms with Crippen molar-refractivity contribution in [3.05, 3.63) is 12.1 Å². The first-order valence-electron chi connectivity index (χ1n) is 4.24. The minimum Gasteiger partial charge on any atom is -0.414 e. The molecule has 0 spiro atoms. The Balaban J connectivity index is 4.14. The van der Waals surface area contributed by atoms with Gasteiger partial charge in [0.15, 0.2) is 8.32 Å². The highest BCUT2D eigenvalue weighted by molar-refractivity contribution is 6.74. The quantitative estimate of drug-likeness (QED) is 0.609. The summed E-state index contributed by atoms with van der Waals surface area (Å²) >= 11 is 0. The third kappa shape index (κ3) is 3.59. The Bertz CT molecular complexity index is 170. The minimum absolute atomic E-state index is 0.252. The van der Waals surface area contributed by atoms with E-state index in [2.05, 4.69) is 40.4 Å². The molecule has 0 aromatic heterocycles. The molecule has 0 N–H and O–H groups in total. The van der Waals surface area contributed by atoms with Crippen LogP contribution in [-0.4, -0.2) is 22.8 Å². The molecule has 0 saturated carbocycles. The van der Waals surface area contributed by atoms with Gasteiger partial charge in [-0.15, -0.1) is 12.1 Å². The predicted octanol–water partition coefficient (Wildman–Crippen LogP) is 2.69. The van der Waals surface area contributed by atoms with Gasteiger partial charge >= 0.3 is 0 Å². The largest absolute Gasteiger partial charge is 0.414 e. The summed E-state index contributed by atoms with van der Waals surface area (Å²) in [5, 5.41) is 0.252. The molecule has 0 amide bonds. The van der Waals surface area contributed by atoms with E-state index in [1.165, 1.54) is 0 Å². The van der Waals surface area contributed by atoms with Crippen LogP contribution in [0.15, 0.2) is 12.1 Å². The molecule has 0 atom stereocenters. The van der Waals surface area contributed by atoms with E-state index < -0.39 is 8.32 Å². The monoisotopic (exact) mass is 182 g/mol. The number of hydrogen-bond acceptors (Lipinski definition) is 1. The van der Waals surface area contributed by atoms with Crippen molar-refractivity contribution >= 4 is 16.2 Å². The van der Waals surface area contributed by atoms with E-state index in [0.717, 1.165) is 0 Å². The Morgan fingerprint density at radius 2 is 1.83 bits per heavy atom. The second-order valence-corrected chi connectivity index (χ2v) is 9.52. The third-order valence-corrected chi connectivity index (χ3v) is 6.90. The van der Waals surface area contributed by atoms with Crippen molar-refractivity contribution in [3.63, 3.8) is 0 Å². The lowest BCUT2D eigenvalue weighted by atomic mass is 10.00. The van der Waals surface area contributed by atoms with Crippen molar-refractivity contribution in [1.29, 1.82) is 0 Å². The molecule has 0 aliphatic rings. The lowest BCUT2D eigenvalue weighted by Gasteiger charge is -2.36. The van der Waals surface area contributed by atoms with Crippen LogP contribution in [0.25, 0.3) is 0 Å². The third-order valence-electron chi connectivity index (χ3n) is 2.42. The van der Waals surface area contributed by atoms with Gasteiger partial charge in [-0.3, -0.25) is 0 Å². The lowest BCUT2D eigenvalue weighted by molar-refractivity contribution is 0.325. The standard InChI is InChI=1S/C9H19BOSi/c1-8(10)7-11-12(5,6)9(2,3)4/h1,7H2,2-6H3. The zero-order valence-electron chi connectivity index (χ0n) is 8.90. The van der Waals surface area contributed by atoms with Crippen molar-refractivity contribution in [3.8, 4) is 0 Å². The van der Waals surface area contributed by atoms with Crippen molar-refractivity contribution in [2.75, 3.05) is 6.61 Å². The predicted molar refractivity (Wildman–Crippen MR) is 58.0 cm³/mol. The van der Waals surface area contributed by atoms with Crippen LogP contribution in [0.1, 0.15) is 20.8 Å². The molecule has 0 fully saturated rings. The molecule has 0 heterocycles. The maximum atomic E-state index is 5.77. The minimum atomic E-state index is -1.61. The van der Waals surface area contributed by atoms with Crippen LogP contribution in [0.3, 0.4) is 0 Å². The molecule has 0 aliphatic heterocycles. The maximum absolute atomic E-state index is 5.77. The fourth-order valence-corrected chi connectivity index (χ4v) is 1.47. The fourth-order valence-electron chi connectivity index (χ4n) is 0.490. The average Bonchev–Trinajstić information content (AvgIpc) is 1.81. The smallest absolute Gasteiger partial charge is 0.192 e. The molecule has 0 aromatic carbocycles. The highest BCUT2D eigenvalue weighted by atomic mass is 28.4. The van der Waals surface area contributed by atoms with Crippen molar-refractivity contribution in [2.45, 2.75) is 38.9 Å². The van der Waals surface area contributed by atoms with Gasteiger partial charge in [-0.1, -0.05) is 20.8 Å². The Morgan fingerprint density at radius 3 is 2.08 bits per heavy atom. The van der Waals surface area contributed by atoms with Crippen molar-refractivity contribution in [2.24, 2.45) is 0 Å². The molecule has 2 radical (unpaired) electrons. The summed E-state index contributed by atoms with van der Waals surface area (Å²) in [6, 6.07) is 0. The van der Waals surface area contributed by atoms with Crippen LogP contribution in [0.2, 0.25) is 18.1 Å². The SMILES string of the molecule is [B]C(=C)CO[Si](C)(C)C(C)(C)C. The Labute approximate surface area is 78.7 Å². The van der Waals surface area contributed by atoms with Gasteiger partial charge in [-0.25, -0.2) is 0 Å². The average molecular weight is 182 g/mol. The second kappa shape index (κ2) is 3.79. The molecule has 68 valence electrons. The highest BCUT2D eigenvalue weighted by Gasteiger charge is 2.36. The van der Waals surface area contributed by atoms with Gasteiger partial charge in [-0.05, 0) is 18.1 Å². The molecule has 0 saturated heterocycles. The van der Waals surface area contributed by atoms with Gasteiger partial charge in [0.25, 0.3) is 0 Å². The first-order chi connectivity index (χ1) is 5.17. The van der Waals surface area contributed by atoms with Crippen molar-refractivity contribution in [1.82, 2.24) is 0 Å². The highest BCUT2D eigenvalue weighted by Crippen LogP contribution is 2.36. The Morgan fingerprint density at radius 1 is 1.42 bits per heavy atom. The number of rotatable bonds is 3. The van der Waals surface area contributed by atoms with E-state index in [1.807, 2.05) is 0 Å². The van der Waals surface area contributed by atoms with Crippen molar-refractivity contribution < 1.29 is 4.43 Å². The molecule has 3 heteroatoms. The zero-order chi connectivity index (χ0) is 9.99. The van der Waals surface area contributed by atoms with Gasteiger partial charge < -0.3 is 4.43 Å². The molecule has 0 aromatic rings. The topological polar surface area (TPSA) is 9.23 Å². The van der Waals surface area contributed by atoms with E-state index in [-0.39, 0.29) is 5.04 Å². The second-order valence-electron chi connectivity index (χ2n) is 4.71. The molecular formula is C9H19BOSi.